The molecule has 1 rings (SSSR count). The number of nitrogens with zero attached hydrogens (tertiary/aromatic N) is 1. The molecular formula is C11H21Cl2N3O2S. The Balaban J connectivity index is 0. The fourth-order valence-corrected chi connectivity index (χ4v) is 2.23. The average molecular weight is 330 g/mol. The van der Waals surface area contributed by atoms with Crippen LogP contribution in [0, 0.1) is 13.8 Å². The summed E-state index contributed by atoms with van der Waals surface area (Å²) in [7, 11) is 1.64. The number of rotatable bonds is 7. The number of carbonyl (C=O) groups is 1. The largest absolute Gasteiger partial charge is 0.383 e. The number of aryl methyl sites for hydroxylation is 2. The fraction of sp³-hybridized carbons (Fsp3) is 0.636. The van der Waals surface area contributed by atoms with E-state index < -0.39 is 0 Å². The zero-order valence-corrected chi connectivity index (χ0v) is 13.8. The van der Waals surface area contributed by atoms with Crippen molar-refractivity contribution in [3.05, 3.63) is 15.6 Å². The van der Waals surface area contributed by atoms with Crippen LogP contribution in [0.2, 0.25) is 0 Å². The van der Waals surface area contributed by atoms with E-state index in [-0.39, 0.29) is 30.7 Å². The molecule has 8 heteroatoms. The minimum atomic E-state index is -0.00782. The Hall–Kier alpha value is -0.400. The molecule has 1 heterocycles. The van der Waals surface area contributed by atoms with E-state index >= 15 is 0 Å². The highest BCUT2D eigenvalue weighted by atomic mass is 35.5. The Morgan fingerprint density at radius 3 is 2.58 bits per heavy atom. The first-order valence-corrected chi connectivity index (χ1v) is 6.34. The van der Waals surface area contributed by atoms with Crippen LogP contribution in [0.3, 0.4) is 0 Å². The van der Waals surface area contributed by atoms with Gasteiger partial charge in [-0.2, -0.15) is 0 Å². The third-order valence-electron chi connectivity index (χ3n) is 2.21. The van der Waals surface area contributed by atoms with Crippen LogP contribution < -0.4 is 10.6 Å². The van der Waals surface area contributed by atoms with E-state index in [2.05, 4.69) is 15.6 Å². The van der Waals surface area contributed by atoms with Gasteiger partial charge in [0.15, 0.2) is 0 Å². The van der Waals surface area contributed by atoms with Crippen molar-refractivity contribution in [3.8, 4) is 0 Å². The molecule has 0 aliphatic rings. The van der Waals surface area contributed by atoms with E-state index in [1.54, 1.807) is 18.4 Å². The number of halogens is 2. The van der Waals surface area contributed by atoms with E-state index in [9.17, 15) is 4.79 Å². The molecule has 0 fully saturated rings. The number of amides is 1. The molecule has 0 saturated carbocycles. The monoisotopic (exact) mass is 329 g/mol. The molecule has 0 radical (unpaired) electrons. The Labute approximate surface area is 130 Å². The van der Waals surface area contributed by atoms with Crippen molar-refractivity contribution in [1.29, 1.82) is 0 Å². The zero-order valence-electron chi connectivity index (χ0n) is 11.3. The van der Waals surface area contributed by atoms with E-state index in [1.807, 2.05) is 13.8 Å². The van der Waals surface area contributed by atoms with Crippen LogP contribution in [0.1, 0.15) is 15.6 Å². The molecule has 1 amide bonds. The number of thiazole rings is 1. The number of aromatic nitrogens is 1. The highest BCUT2D eigenvalue weighted by Crippen LogP contribution is 2.16. The zero-order chi connectivity index (χ0) is 12.7. The maximum absolute atomic E-state index is 11.5. The Morgan fingerprint density at radius 1 is 1.37 bits per heavy atom. The van der Waals surface area contributed by atoms with Gasteiger partial charge >= 0.3 is 0 Å². The van der Waals surface area contributed by atoms with Crippen molar-refractivity contribution in [3.63, 3.8) is 0 Å². The summed E-state index contributed by atoms with van der Waals surface area (Å²) in [6, 6.07) is 0. The molecule has 0 aromatic carbocycles. The third kappa shape index (κ3) is 8.39. The van der Waals surface area contributed by atoms with E-state index in [1.165, 1.54) is 0 Å². The Kier molecular flexibility index (Phi) is 12.6. The van der Waals surface area contributed by atoms with Gasteiger partial charge in [0.25, 0.3) is 0 Å². The van der Waals surface area contributed by atoms with E-state index in [0.717, 1.165) is 15.6 Å². The summed E-state index contributed by atoms with van der Waals surface area (Å²) in [6.07, 6.45) is 0. The van der Waals surface area contributed by atoms with Gasteiger partial charge < -0.3 is 15.4 Å². The van der Waals surface area contributed by atoms with Gasteiger partial charge in [-0.05, 0) is 13.8 Å². The molecule has 1 aromatic heterocycles. The van der Waals surface area contributed by atoms with Gasteiger partial charge in [0.2, 0.25) is 5.91 Å². The molecule has 0 unspecified atom stereocenters. The number of carbonyl (C=O) groups excluding carboxylic acids is 1. The smallest absolute Gasteiger partial charge is 0.234 e. The van der Waals surface area contributed by atoms with E-state index in [0.29, 0.717) is 26.2 Å². The molecule has 112 valence electrons. The lowest BCUT2D eigenvalue weighted by Gasteiger charge is -2.05. The van der Waals surface area contributed by atoms with Gasteiger partial charge in [-0.3, -0.25) is 4.79 Å². The van der Waals surface area contributed by atoms with Crippen LogP contribution >= 0.6 is 36.2 Å². The second-order valence-corrected chi connectivity index (χ2v) is 4.98. The summed E-state index contributed by atoms with van der Waals surface area (Å²) < 4.78 is 4.87. The van der Waals surface area contributed by atoms with Crippen LogP contribution in [0.4, 0.5) is 0 Å². The van der Waals surface area contributed by atoms with Crippen LogP contribution in [-0.4, -0.2) is 37.7 Å². The lowest BCUT2D eigenvalue weighted by Crippen LogP contribution is -2.34. The standard InChI is InChI=1S/C11H19N3O2S.2ClH/c1-8-10(17-9(2)14-8)6-13-11(15)7-12-4-5-16-3;;/h12H,4-7H2,1-3H3,(H,13,15);2*1H. The Morgan fingerprint density at radius 2 is 2.05 bits per heavy atom. The molecule has 0 spiro atoms. The summed E-state index contributed by atoms with van der Waals surface area (Å²) in [6.45, 7) is 6.10. The average Bonchev–Trinajstić information content (AvgIpc) is 2.61. The first-order valence-electron chi connectivity index (χ1n) is 5.52. The lowest BCUT2D eigenvalue weighted by molar-refractivity contribution is -0.120. The van der Waals surface area contributed by atoms with E-state index in [4.69, 9.17) is 4.74 Å². The second kappa shape index (κ2) is 11.4. The van der Waals surface area contributed by atoms with Crippen molar-refractivity contribution in [1.82, 2.24) is 15.6 Å². The summed E-state index contributed by atoms with van der Waals surface area (Å²) in [5, 5.41) is 6.88. The topological polar surface area (TPSA) is 63.2 Å². The highest BCUT2D eigenvalue weighted by Gasteiger charge is 2.06. The van der Waals surface area contributed by atoms with Crippen LogP contribution in [0.25, 0.3) is 0 Å². The lowest BCUT2D eigenvalue weighted by atomic mass is 10.4. The molecule has 2 N–H and O–H groups in total. The summed E-state index contributed by atoms with van der Waals surface area (Å²) in [5.41, 5.74) is 1.00. The molecule has 0 saturated heterocycles. The SMILES string of the molecule is COCCNCC(=O)NCc1sc(C)nc1C.Cl.Cl. The van der Waals surface area contributed by atoms with Gasteiger partial charge in [0.05, 0.1) is 30.4 Å². The van der Waals surface area contributed by atoms with Crippen molar-refractivity contribution < 1.29 is 9.53 Å². The number of methoxy groups -OCH3 is 1. The summed E-state index contributed by atoms with van der Waals surface area (Å²) >= 11 is 1.62. The minimum Gasteiger partial charge on any atom is -0.383 e. The van der Waals surface area contributed by atoms with Crippen molar-refractivity contribution in [2.24, 2.45) is 0 Å². The maximum atomic E-state index is 11.5. The quantitative estimate of drug-likeness (QED) is 0.743. The summed E-state index contributed by atoms with van der Waals surface area (Å²) in [5.74, 6) is -0.00782. The predicted molar refractivity (Wildman–Crippen MR) is 82.7 cm³/mol. The van der Waals surface area contributed by atoms with Crippen molar-refractivity contribution >= 4 is 42.1 Å². The summed E-state index contributed by atoms with van der Waals surface area (Å²) in [4.78, 5) is 16.9. The van der Waals surface area contributed by atoms with Crippen molar-refractivity contribution in [2.45, 2.75) is 20.4 Å². The Bertz CT molecular complexity index is 375. The normalized spacial score (nSPS) is 9.42. The van der Waals surface area contributed by atoms with Gasteiger partial charge in [-0.15, -0.1) is 36.2 Å². The predicted octanol–water partition coefficient (Wildman–Crippen LogP) is 1.46. The fourth-order valence-electron chi connectivity index (χ4n) is 1.36. The number of ether oxygens (including phenoxy) is 1. The van der Waals surface area contributed by atoms with Gasteiger partial charge in [0.1, 0.15) is 0 Å². The minimum absolute atomic E-state index is 0. The van der Waals surface area contributed by atoms with Gasteiger partial charge in [-0.25, -0.2) is 4.98 Å². The highest BCUT2D eigenvalue weighted by molar-refractivity contribution is 7.11. The van der Waals surface area contributed by atoms with Crippen LogP contribution in [-0.2, 0) is 16.1 Å². The third-order valence-corrected chi connectivity index (χ3v) is 3.29. The van der Waals surface area contributed by atoms with Crippen LogP contribution in [0.5, 0.6) is 0 Å². The van der Waals surface area contributed by atoms with Gasteiger partial charge in [0, 0.05) is 18.5 Å². The number of hydrogen-bond donors (Lipinski definition) is 2. The molecule has 5 nitrogen and oxygen atoms in total. The molecule has 0 atom stereocenters. The molecule has 19 heavy (non-hydrogen) atoms. The van der Waals surface area contributed by atoms with Crippen LogP contribution in [0.15, 0.2) is 0 Å². The molecule has 0 bridgehead atoms. The maximum Gasteiger partial charge on any atom is 0.234 e. The molecule has 0 aliphatic carbocycles. The number of hydrogen-bond acceptors (Lipinski definition) is 5. The van der Waals surface area contributed by atoms with Crippen molar-refractivity contribution in [2.75, 3.05) is 26.8 Å². The molecule has 0 aliphatic heterocycles. The molecule has 1 aromatic rings. The second-order valence-electron chi connectivity index (χ2n) is 3.69. The first kappa shape index (κ1) is 20.9. The van der Waals surface area contributed by atoms with Gasteiger partial charge in [-0.1, -0.05) is 0 Å². The first-order chi connectivity index (χ1) is 8.13. The number of nitrogens with one attached hydrogen (secondary N) is 2. The molecular weight excluding hydrogens is 309 g/mol.